The standard InChI is InChI=1S/C12H14ClF3O/c1-11(17,6-3-7-12(14,15)16)9-4-2-5-10(13)8-9/h2,4-5,8,17H,3,6-7H2,1H3. The smallest absolute Gasteiger partial charge is 0.385 e. The highest BCUT2D eigenvalue weighted by atomic mass is 35.5. The first-order valence-electron chi connectivity index (χ1n) is 5.26. The van der Waals surface area contributed by atoms with Crippen LogP contribution in [0, 0.1) is 0 Å². The van der Waals surface area contributed by atoms with E-state index in [4.69, 9.17) is 11.6 Å². The van der Waals surface area contributed by atoms with Gasteiger partial charge in [0.15, 0.2) is 0 Å². The van der Waals surface area contributed by atoms with Crippen molar-refractivity contribution >= 4 is 11.6 Å². The van der Waals surface area contributed by atoms with Crippen LogP contribution in [0.1, 0.15) is 31.7 Å². The molecule has 0 spiro atoms. The predicted molar refractivity (Wildman–Crippen MR) is 60.9 cm³/mol. The Morgan fingerprint density at radius 3 is 2.41 bits per heavy atom. The molecule has 0 aromatic heterocycles. The maximum absolute atomic E-state index is 12.0. The largest absolute Gasteiger partial charge is 0.389 e. The van der Waals surface area contributed by atoms with Gasteiger partial charge in [-0.15, -0.1) is 0 Å². The van der Waals surface area contributed by atoms with Gasteiger partial charge in [0.05, 0.1) is 5.60 Å². The SMILES string of the molecule is CC(O)(CCCC(F)(F)F)c1cccc(Cl)c1. The third-order valence-electron chi connectivity index (χ3n) is 2.57. The third kappa shape index (κ3) is 4.96. The van der Waals surface area contributed by atoms with Crippen LogP contribution in [-0.4, -0.2) is 11.3 Å². The molecule has 0 aliphatic carbocycles. The van der Waals surface area contributed by atoms with Crippen LogP contribution in [0.4, 0.5) is 13.2 Å². The van der Waals surface area contributed by atoms with E-state index in [0.717, 1.165) is 0 Å². The lowest BCUT2D eigenvalue weighted by molar-refractivity contribution is -0.137. The third-order valence-corrected chi connectivity index (χ3v) is 2.81. The lowest BCUT2D eigenvalue weighted by Crippen LogP contribution is -2.22. The molecule has 1 unspecified atom stereocenters. The second kappa shape index (κ2) is 5.27. The Morgan fingerprint density at radius 2 is 1.88 bits per heavy atom. The zero-order valence-corrected chi connectivity index (χ0v) is 10.1. The number of rotatable bonds is 4. The average molecular weight is 267 g/mol. The van der Waals surface area contributed by atoms with Crippen LogP contribution in [0.25, 0.3) is 0 Å². The van der Waals surface area contributed by atoms with Crippen molar-refractivity contribution in [2.75, 3.05) is 0 Å². The van der Waals surface area contributed by atoms with E-state index in [-0.39, 0.29) is 12.8 Å². The Kier molecular flexibility index (Phi) is 4.44. The molecule has 0 bridgehead atoms. The highest BCUT2D eigenvalue weighted by Gasteiger charge is 2.29. The molecule has 0 saturated heterocycles. The Bertz CT molecular complexity index is 374. The number of alkyl halides is 3. The maximum atomic E-state index is 12.0. The summed E-state index contributed by atoms with van der Waals surface area (Å²) in [6.45, 7) is 1.50. The van der Waals surface area contributed by atoms with Crippen molar-refractivity contribution in [3.8, 4) is 0 Å². The second-order valence-corrected chi connectivity index (χ2v) is 4.69. The van der Waals surface area contributed by atoms with Gasteiger partial charge in [-0.2, -0.15) is 13.2 Å². The predicted octanol–water partition coefficient (Wildman–Crippen LogP) is 4.28. The molecule has 17 heavy (non-hydrogen) atoms. The number of aliphatic hydroxyl groups is 1. The molecular formula is C12H14ClF3O. The Hall–Kier alpha value is -0.740. The van der Waals surface area contributed by atoms with E-state index in [0.29, 0.717) is 10.6 Å². The molecule has 1 aromatic rings. The lowest BCUT2D eigenvalue weighted by atomic mass is 9.90. The molecule has 96 valence electrons. The second-order valence-electron chi connectivity index (χ2n) is 4.25. The van der Waals surface area contributed by atoms with Gasteiger partial charge < -0.3 is 5.11 Å². The quantitative estimate of drug-likeness (QED) is 0.862. The zero-order chi connectivity index (χ0) is 13.1. The van der Waals surface area contributed by atoms with E-state index in [1.807, 2.05) is 0 Å². The fraction of sp³-hybridized carbons (Fsp3) is 0.500. The lowest BCUT2D eigenvalue weighted by Gasteiger charge is -2.24. The molecule has 1 N–H and O–H groups in total. The van der Waals surface area contributed by atoms with Gasteiger partial charge in [-0.1, -0.05) is 23.7 Å². The first-order chi connectivity index (χ1) is 7.71. The van der Waals surface area contributed by atoms with Gasteiger partial charge >= 0.3 is 6.18 Å². The number of halogens is 4. The van der Waals surface area contributed by atoms with E-state index in [1.54, 1.807) is 24.3 Å². The van der Waals surface area contributed by atoms with Crippen molar-refractivity contribution in [1.82, 2.24) is 0 Å². The van der Waals surface area contributed by atoms with Gasteiger partial charge in [0.2, 0.25) is 0 Å². The van der Waals surface area contributed by atoms with Crippen molar-refractivity contribution in [2.45, 2.75) is 38.0 Å². The fourth-order valence-corrected chi connectivity index (χ4v) is 1.79. The molecule has 1 rings (SSSR count). The first-order valence-corrected chi connectivity index (χ1v) is 5.64. The minimum atomic E-state index is -4.18. The summed E-state index contributed by atoms with van der Waals surface area (Å²) < 4.78 is 36.0. The topological polar surface area (TPSA) is 20.2 Å². The van der Waals surface area contributed by atoms with Gasteiger partial charge in [-0.25, -0.2) is 0 Å². The molecular weight excluding hydrogens is 253 g/mol. The van der Waals surface area contributed by atoms with Crippen LogP contribution >= 0.6 is 11.6 Å². The zero-order valence-electron chi connectivity index (χ0n) is 9.39. The van der Waals surface area contributed by atoms with Crippen LogP contribution in [-0.2, 0) is 5.60 Å². The summed E-state index contributed by atoms with van der Waals surface area (Å²) in [4.78, 5) is 0. The van der Waals surface area contributed by atoms with E-state index in [1.165, 1.54) is 6.92 Å². The van der Waals surface area contributed by atoms with Gasteiger partial charge in [0.1, 0.15) is 0 Å². The summed E-state index contributed by atoms with van der Waals surface area (Å²) in [7, 11) is 0. The highest BCUT2D eigenvalue weighted by Crippen LogP contribution is 2.31. The summed E-state index contributed by atoms with van der Waals surface area (Å²) in [5.41, 5.74) is -0.747. The summed E-state index contributed by atoms with van der Waals surface area (Å²) >= 11 is 5.77. The monoisotopic (exact) mass is 266 g/mol. The highest BCUT2D eigenvalue weighted by molar-refractivity contribution is 6.30. The minimum Gasteiger partial charge on any atom is -0.385 e. The van der Waals surface area contributed by atoms with Crippen molar-refractivity contribution in [3.63, 3.8) is 0 Å². The number of hydrogen-bond donors (Lipinski definition) is 1. The molecule has 0 saturated carbocycles. The van der Waals surface area contributed by atoms with Crippen LogP contribution in [0.2, 0.25) is 5.02 Å². The van der Waals surface area contributed by atoms with Gasteiger partial charge in [-0.05, 0) is 37.5 Å². The first kappa shape index (κ1) is 14.3. The number of hydrogen-bond acceptors (Lipinski definition) is 1. The van der Waals surface area contributed by atoms with E-state index in [9.17, 15) is 18.3 Å². The summed E-state index contributed by atoms with van der Waals surface area (Å²) in [5.74, 6) is 0. The fourth-order valence-electron chi connectivity index (χ4n) is 1.60. The van der Waals surface area contributed by atoms with E-state index < -0.39 is 18.2 Å². The summed E-state index contributed by atoms with van der Waals surface area (Å²) in [6, 6.07) is 6.53. The van der Waals surface area contributed by atoms with Crippen LogP contribution < -0.4 is 0 Å². The molecule has 0 amide bonds. The molecule has 1 nitrogen and oxygen atoms in total. The van der Waals surface area contributed by atoms with Crippen LogP contribution in [0.5, 0.6) is 0 Å². The van der Waals surface area contributed by atoms with Gasteiger partial charge in [-0.3, -0.25) is 0 Å². The summed E-state index contributed by atoms with van der Waals surface area (Å²) in [5, 5.41) is 10.5. The molecule has 0 aliphatic rings. The average Bonchev–Trinajstić information content (AvgIpc) is 2.15. The Labute approximate surface area is 103 Å². The van der Waals surface area contributed by atoms with Crippen molar-refractivity contribution in [3.05, 3.63) is 34.9 Å². The molecule has 0 fully saturated rings. The van der Waals surface area contributed by atoms with Gasteiger partial charge in [0.25, 0.3) is 0 Å². The van der Waals surface area contributed by atoms with Crippen molar-refractivity contribution < 1.29 is 18.3 Å². The van der Waals surface area contributed by atoms with Crippen LogP contribution in [0.3, 0.4) is 0 Å². The maximum Gasteiger partial charge on any atom is 0.389 e. The molecule has 0 heterocycles. The normalized spacial score (nSPS) is 15.6. The van der Waals surface area contributed by atoms with E-state index >= 15 is 0 Å². The molecule has 5 heteroatoms. The molecule has 0 radical (unpaired) electrons. The van der Waals surface area contributed by atoms with Gasteiger partial charge in [0, 0.05) is 11.4 Å². The molecule has 1 aromatic carbocycles. The van der Waals surface area contributed by atoms with Crippen molar-refractivity contribution in [2.24, 2.45) is 0 Å². The van der Waals surface area contributed by atoms with E-state index in [2.05, 4.69) is 0 Å². The van der Waals surface area contributed by atoms with Crippen LogP contribution in [0.15, 0.2) is 24.3 Å². The summed E-state index contributed by atoms with van der Waals surface area (Å²) in [6.07, 6.45) is -5.12. The Balaban J connectivity index is 2.62. The molecule has 0 aliphatic heterocycles. The molecule has 1 atom stereocenters. The number of benzene rings is 1. The van der Waals surface area contributed by atoms with Crippen molar-refractivity contribution in [1.29, 1.82) is 0 Å². The minimum absolute atomic E-state index is 0.0485. The Morgan fingerprint density at radius 1 is 1.24 bits per heavy atom.